The second-order valence-corrected chi connectivity index (χ2v) is 8.81. The van der Waals surface area contributed by atoms with Gasteiger partial charge in [-0.3, -0.25) is 9.59 Å². The molecule has 5 nitrogen and oxygen atoms in total. The number of hydrogen-bond donors (Lipinski definition) is 1. The first-order valence-electron chi connectivity index (χ1n) is 11.4. The molecule has 1 N–H and O–H groups in total. The van der Waals surface area contributed by atoms with E-state index >= 15 is 0 Å². The van der Waals surface area contributed by atoms with E-state index in [4.69, 9.17) is 4.74 Å². The molecule has 1 aliphatic heterocycles. The van der Waals surface area contributed by atoms with E-state index in [-0.39, 0.29) is 23.2 Å². The van der Waals surface area contributed by atoms with Crippen LogP contribution in [0.1, 0.15) is 22.6 Å². The average Bonchev–Trinajstić information content (AvgIpc) is 2.87. The zero-order valence-electron chi connectivity index (χ0n) is 19.1. The Morgan fingerprint density at radius 3 is 2.00 bits per heavy atom. The van der Waals surface area contributed by atoms with E-state index in [2.05, 4.69) is 5.32 Å². The molecule has 0 aliphatic carbocycles. The topological polar surface area (TPSA) is 58.6 Å². The van der Waals surface area contributed by atoms with Gasteiger partial charge in [-0.1, -0.05) is 42.0 Å². The Bertz CT molecular complexity index is 1350. The molecule has 1 atom stereocenters. The van der Waals surface area contributed by atoms with Crippen molar-refractivity contribution >= 4 is 17.1 Å². The van der Waals surface area contributed by atoms with E-state index in [1.807, 2.05) is 36.1 Å². The first kappa shape index (κ1) is 22.9. The van der Waals surface area contributed by atoms with Crippen molar-refractivity contribution in [3.63, 3.8) is 0 Å². The summed E-state index contributed by atoms with van der Waals surface area (Å²) in [5.74, 6) is -1.03. The molecular formula is C28H24F2N2O3. The molecule has 5 rings (SSSR count). The maximum atomic E-state index is 13.6. The molecule has 0 amide bonds. The summed E-state index contributed by atoms with van der Waals surface area (Å²) >= 11 is 0. The summed E-state index contributed by atoms with van der Waals surface area (Å²) < 4.78 is 33.4. The number of nitrogens with zero attached hydrogens (tertiary/aromatic N) is 1. The van der Waals surface area contributed by atoms with Gasteiger partial charge in [0.1, 0.15) is 23.0 Å². The molecule has 1 fully saturated rings. The minimum Gasteiger partial charge on any atom is -0.374 e. The van der Waals surface area contributed by atoms with Crippen LogP contribution in [-0.4, -0.2) is 25.8 Å². The monoisotopic (exact) mass is 474 g/mol. The van der Waals surface area contributed by atoms with Crippen molar-refractivity contribution in [1.29, 1.82) is 0 Å². The Hall–Kier alpha value is -3.84. The third-order valence-corrected chi connectivity index (χ3v) is 6.45. The Morgan fingerprint density at radius 2 is 1.43 bits per heavy atom. The van der Waals surface area contributed by atoms with Crippen LogP contribution < -0.4 is 21.1 Å². The molecule has 0 bridgehead atoms. The summed E-state index contributed by atoms with van der Waals surface area (Å²) in [4.78, 5) is 26.9. The maximum Gasteiger partial charge on any atom is 0.253 e. The zero-order valence-corrected chi connectivity index (χ0v) is 19.1. The standard InChI is InChI=1S/C28H24F2N2O3/c1-17-2-12-22(13-3-17)31-25-26(28(34)27(25)33)32-14-15-35-23(16-32)24(18-4-8-20(29)9-5-18)19-6-10-21(30)11-7-19/h2-13,23-24,31H,14-16H2,1H3. The third kappa shape index (κ3) is 4.59. The van der Waals surface area contributed by atoms with Crippen LogP contribution >= 0.6 is 0 Å². The largest absolute Gasteiger partial charge is 0.374 e. The second kappa shape index (κ2) is 9.43. The van der Waals surface area contributed by atoms with Crippen molar-refractivity contribution in [3.05, 3.63) is 122 Å². The Balaban J connectivity index is 1.45. The number of ether oxygens (including phenoxy) is 1. The van der Waals surface area contributed by atoms with Crippen LogP contribution in [0, 0.1) is 18.6 Å². The Morgan fingerprint density at radius 1 is 0.857 bits per heavy atom. The van der Waals surface area contributed by atoms with Crippen LogP contribution in [0.5, 0.6) is 0 Å². The fourth-order valence-electron chi connectivity index (χ4n) is 4.62. The van der Waals surface area contributed by atoms with Crippen LogP contribution in [0.3, 0.4) is 0 Å². The molecule has 0 saturated carbocycles. The Labute approximate surface area is 201 Å². The van der Waals surface area contributed by atoms with E-state index in [9.17, 15) is 18.4 Å². The lowest BCUT2D eigenvalue weighted by atomic mass is 9.85. The van der Waals surface area contributed by atoms with Crippen LogP contribution in [0.25, 0.3) is 0 Å². The van der Waals surface area contributed by atoms with Gasteiger partial charge in [-0.2, -0.15) is 0 Å². The van der Waals surface area contributed by atoms with Gasteiger partial charge in [0.05, 0.1) is 12.7 Å². The lowest BCUT2D eigenvalue weighted by molar-refractivity contribution is 0.0301. The highest BCUT2D eigenvalue weighted by Gasteiger charge is 2.35. The average molecular weight is 475 g/mol. The highest BCUT2D eigenvalue weighted by atomic mass is 19.1. The lowest BCUT2D eigenvalue weighted by Crippen LogP contribution is -2.51. The number of nitrogens with one attached hydrogen (secondary N) is 1. The summed E-state index contributed by atoms with van der Waals surface area (Å²) in [5, 5.41) is 3.10. The van der Waals surface area contributed by atoms with Crippen molar-refractivity contribution in [2.75, 3.05) is 29.9 Å². The molecule has 178 valence electrons. The number of anilines is 3. The van der Waals surface area contributed by atoms with Gasteiger partial charge in [0, 0.05) is 24.7 Å². The molecule has 4 aromatic carbocycles. The predicted molar refractivity (Wildman–Crippen MR) is 132 cm³/mol. The normalized spacial score (nSPS) is 16.1. The fourth-order valence-corrected chi connectivity index (χ4v) is 4.62. The lowest BCUT2D eigenvalue weighted by Gasteiger charge is -2.39. The van der Waals surface area contributed by atoms with Gasteiger partial charge < -0.3 is 15.0 Å². The SMILES string of the molecule is Cc1ccc(Nc2c(N3CCOC(C(c4ccc(F)cc4)c4ccc(F)cc4)C3)c(=O)c2=O)cc1. The van der Waals surface area contributed by atoms with Crippen LogP contribution in [0.4, 0.5) is 25.8 Å². The van der Waals surface area contributed by atoms with Gasteiger partial charge in [0.25, 0.3) is 10.9 Å². The first-order chi connectivity index (χ1) is 16.9. The number of hydrogen-bond acceptors (Lipinski definition) is 5. The molecule has 4 aromatic rings. The van der Waals surface area contributed by atoms with E-state index in [0.29, 0.717) is 25.4 Å². The molecule has 1 unspecified atom stereocenters. The van der Waals surface area contributed by atoms with Crippen molar-refractivity contribution in [2.45, 2.75) is 18.9 Å². The van der Waals surface area contributed by atoms with Crippen molar-refractivity contribution in [1.82, 2.24) is 0 Å². The molecule has 35 heavy (non-hydrogen) atoms. The molecule has 7 heteroatoms. The van der Waals surface area contributed by atoms with Gasteiger partial charge in [-0.15, -0.1) is 0 Å². The summed E-state index contributed by atoms with van der Waals surface area (Å²) in [6, 6.07) is 19.8. The second-order valence-electron chi connectivity index (χ2n) is 8.81. The summed E-state index contributed by atoms with van der Waals surface area (Å²) in [6.45, 7) is 3.10. The molecule has 0 aromatic heterocycles. The van der Waals surface area contributed by atoms with Crippen LogP contribution in [0.2, 0.25) is 0 Å². The van der Waals surface area contributed by atoms with E-state index in [1.54, 1.807) is 24.3 Å². The summed E-state index contributed by atoms with van der Waals surface area (Å²) in [7, 11) is 0. The maximum absolute atomic E-state index is 13.6. The van der Waals surface area contributed by atoms with Gasteiger partial charge in [-0.05, 0) is 54.4 Å². The molecule has 1 aliphatic rings. The third-order valence-electron chi connectivity index (χ3n) is 6.45. The van der Waals surface area contributed by atoms with Gasteiger partial charge in [-0.25, -0.2) is 8.78 Å². The van der Waals surface area contributed by atoms with Crippen molar-refractivity contribution in [3.8, 4) is 0 Å². The van der Waals surface area contributed by atoms with Crippen molar-refractivity contribution < 1.29 is 13.5 Å². The Kier molecular flexibility index (Phi) is 6.17. The number of halogens is 2. The van der Waals surface area contributed by atoms with Crippen LogP contribution in [-0.2, 0) is 4.74 Å². The van der Waals surface area contributed by atoms with Gasteiger partial charge in [0.2, 0.25) is 0 Å². The smallest absolute Gasteiger partial charge is 0.253 e. The highest BCUT2D eigenvalue weighted by Crippen LogP contribution is 2.34. The highest BCUT2D eigenvalue weighted by molar-refractivity contribution is 5.79. The van der Waals surface area contributed by atoms with E-state index in [1.165, 1.54) is 24.3 Å². The molecule has 1 heterocycles. The van der Waals surface area contributed by atoms with E-state index in [0.717, 1.165) is 22.4 Å². The molecular weight excluding hydrogens is 450 g/mol. The van der Waals surface area contributed by atoms with E-state index < -0.39 is 17.0 Å². The van der Waals surface area contributed by atoms with Crippen molar-refractivity contribution in [2.24, 2.45) is 0 Å². The summed E-state index contributed by atoms with van der Waals surface area (Å²) in [6.07, 6.45) is -0.406. The molecule has 0 radical (unpaired) electrons. The minimum atomic E-state index is -0.544. The van der Waals surface area contributed by atoms with Gasteiger partial charge in [0.15, 0.2) is 0 Å². The zero-order chi connectivity index (χ0) is 24.5. The minimum absolute atomic E-state index is 0.277. The molecule has 0 spiro atoms. The van der Waals surface area contributed by atoms with Gasteiger partial charge >= 0.3 is 0 Å². The molecule has 1 saturated heterocycles. The number of aryl methyl sites for hydroxylation is 1. The number of rotatable bonds is 6. The fraction of sp³-hybridized carbons (Fsp3) is 0.214. The predicted octanol–water partition coefficient (Wildman–Crippen LogP) is 4.65. The first-order valence-corrected chi connectivity index (χ1v) is 11.4. The van der Waals surface area contributed by atoms with Crippen LogP contribution in [0.15, 0.2) is 82.4 Å². The number of morpholine rings is 1. The number of benzene rings is 3. The summed E-state index contributed by atoms with van der Waals surface area (Å²) in [5.41, 5.74) is 2.99. The quantitative estimate of drug-likeness (QED) is 0.413.